The molecule has 0 spiro atoms. The topological polar surface area (TPSA) is 144 Å². The summed E-state index contributed by atoms with van der Waals surface area (Å²) < 4.78 is 58.1. The summed E-state index contributed by atoms with van der Waals surface area (Å²) in [7, 11) is -5.24. The highest BCUT2D eigenvalue weighted by molar-refractivity contribution is 8.13. The molecular formula is C46H57F2N4O8PS3. The fraction of sp³-hybridized carbons (Fsp3) is 0.565. The third kappa shape index (κ3) is 12.0. The maximum Gasteiger partial charge on any atom is 0.404 e. The summed E-state index contributed by atoms with van der Waals surface area (Å²) in [5.74, 6) is -1.04. The van der Waals surface area contributed by atoms with Crippen LogP contribution in [0.1, 0.15) is 106 Å². The molecule has 18 heteroatoms. The number of thioether (sulfide) groups is 2. The highest BCUT2D eigenvalue weighted by Gasteiger charge is 2.55. The van der Waals surface area contributed by atoms with Crippen LogP contribution < -0.4 is 5.32 Å². The van der Waals surface area contributed by atoms with Crippen LogP contribution in [0.3, 0.4) is 0 Å². The largest absolute Gasteiger partial charge is 0.404 e. The molecule has 346 valence electrons. The molecule has 0 radical (unpaired) electrons. The van der Waals surface area contributed by atoms with Crippen LogP contribution in [0.4, 0.5) is 8.78 Å². The van der Waals surface area contributed by atoms with Gasteiger partial charge in [0, 0.05) is 47.2 Å². The van der Waals surface area contributed by atoms with Crippen LogP contribution in [0.15, 0.2) is 54.6 Å². The van der Waals surface area contributed by atoms with E-state index < -0.39 is 56.1 Å². The first-order valence-corrected chi connectivity index (χ1v) is 26.3. The number of hydrogen-bond acceptors (Lipinski definition) is 11. The molecule has 5 atom stereocenters. The van der Waals surface area contributed by atoms with E-state index in [9.17, 15) is 28.5 Å². The third-order valence-electron chi connectivity index (χ3n) is 11.7. The fourth-order valence-corrected chi connectivity index (χ4v) is 13.0. The van der Waals surface area contributed by atoms with Gasteiger partial charge in [0.2, 0.25) is 17.9 Å². The molecule has 3 aliphatic heterocycles. The number of likely N-dealkylation sites (tertiary alicyclic amines) is 1. The van der Waals surface area contributed by atoms with E-state index in [1.165, 1.54) is 12.1 Å². The predicted molar refractivity (Wildman–Crippen MR) is 249 cm³/mol. The van der Waals surface area contributed by atoms with Gasteiger partial charge in [0.15, 0.2) is 10.2 Å². The quantitative estimate of drug-likeness (QED) is 0.0744. The van der Waals surface area contributed by atoms with Crippen molar-refractivity contribution in [2.45, 2.75) is 115 Å². The van der Waals surface area contributed by atoms with Crippen molar-refractivity contribution in [1.82, 2.24) is 15.1 Å². The van der Waals surface area contributed by atoms with Gasteiger partial charge in [0.1, 0.15) is 12.1 Å². The summed E-state index contributed by atoms with van der Waals surface area (Å²) in [5, 5.41) is 2.88. The molecule has 3 aromatic rings. The molecule has 1 N–H and O–H groups in total. The Bertz CT molecular complexity index is 2220. The van der Waals surface area contributed by atoms with Crippen molar-refractivity contribution in [2.24, 2.45) is 11.8 Å². The van der Waals surface area contributed by atoms with Crippen LogP contribution in [0.5, 0.6) is 0 Å². The van der Waals surface area contributed by atoms with E-state index in [2.05, 4.69) is 10.2 Å². The number of nitrogens with one attached hydrogen (secondary N) is 1. The molecule has 3 fully saturated rings. The van der Waals surface area contributed by atoms with Gasteiger partial charge in [-0.3, -0.25) is 28.5 Å². The van der Waals surface area contributed by atoms with E-state index in [4.69, 9.17) is 15.6 Å². The van der Waals surface area contributed by atoms with E-state index in [1.807, 2.05) is 58.0 Å². The maximum absolute atomic E-state index is 16.4. The zero-order valence-electron chi connectivity index (χ0n) is 36.7. The lowest BCUT2D eigenvalue weighted by molar-refractivity contribution is -0.146. The van der Waals surface area contributed by atoms with Crippen molar-refractivity contribution < 1.29 is 46.4 Å². The number of nitrogens with zero attached hydrogens (tertiary/aromatic N) is 3. The lowest BCUT2D eigenvalue weighted by Gasteiger charge is -2.36. The molecule has 0 aliphatic carbocycles. The Hall–Kier alpha value is -3.65. The Morgan fingerprint density at radius 3 is 2.17 bits per heavy atom. The van der Waals surface area contributed by atoms with E-state index in [0.717, 1.165) is 65.4 Å². The van der Waals surface area contributed by atoms with Gasteiger partial charge in [-0.2, -0.15) is 8.78 Å². The normalized spacial score (nSPS) is 21.8. The Morgan fingerprint density at radius 1 is 0.906 bits per heavy atom. The highest BCUT2D eigenvalue weighted by atomic mass is 32.2. The predicted octanol–water partition coefficient (Wildman–Crippen LogP) is 9.73. The average molecular weight is 959 g/mol. The van der Waals surface area contributed by atoms with E-state index in [1.54, 1.807) is 9.80 Å². The Balaban J connectivity index is 1.15. The van der Waals surface area contributed by atoms with Gasteiger partial charge < -0.3 is 29.0 Å². The Morgan fingerprint density at radius 2 is 1.55 bits per heavy atom. The number of halogens is 2. The summed E-state index contributed by atoms with van der Waals surface area (Å²) >= 11 is 2.86. The molecule has 6 rings (SSSR count). The second-order valence-electron chi connectivity index (χ2n) is 17.5. The number of fused-ring (bicyclic) bond motifs is 2. The van der Waals surface area contributed by atoms with Crippen molar-refractivity contribution in [3.63, 3.8) is 0 Å². The molecule has 3 amide bonds. The number of carbonyl (C=O) groups excluding carboxylic acids is 5. The van der Waals surface area contributed by atoms with Gasteiger partial charge in [0.05, 0.1) is 30.6 Å². The average Bonchev–Trinajstić information content (AvgIpc) is 4.01. The van der Waals surface area contributed by atoms with Gasteiger partial charge in [-0.1, -0.05) is 100 Å². The summed E-state index contributed by atoms with van der Waals surface area (Å²) in [6, 6.07) is 12.6. The van der Waals surface area contributed by atoms with Gasteiger partial charge in [-0.25, -0.2) is 6.57 Å². The van der Waals surface area contributed by atoms with Crippen LogP contribution in [0, 0.1) is 18.4 Å². The minimum absolute atomic E-state index is 0.0190. The highest BCUT2D eigenvalue weighted by Crippen LogP contribution is 2.67. The van der Waals surface area contributed by atoms with Crippen LogP contribution in [-0.2, 0) is 38.5 Å². The van der Waals surface area contributed by atoms with Crippen molar-refractivity contribution >= 4 is 80.5 Å². The Labute approximate surface area is 386 Å². The second kappa shape index (κ2) is 22.2. The number of alkyl halides is 2. The first-order chi connectivity index (χ1) is 30.5. The number of amides is 3. The first kappa shape index (κ1) is 49.8. The minimum atomic E-state index is -5.24. The van der Waals surface area contributed by atoms with Gasteiger partial charge in [0.25, 0.3) is 5.91 Å². The molecule has 4 heterocycles. The summed E-state index contributed by atoms with van der Waals surface area (Å²) in [6.07, 6.45) is 4.32. The summed E-state index contributed by atoms with van der Waals surface area (Å²) in [6.45, 7) is 15.1. The first-order valence-electron chi connectivity index (χ1n) is 22.0. The summed E-state index contributed by atoms with van der Waals surface area (Å²) in [4.78, 5) is 74.3. The third-order valence-corrected chi connectivity index (χ3v) is 16.5. The standard InChI is InChI=1S/C46H57F2N4O8PS3/c1-29(2)23-41(53)62-21-19-59-61(58,60-20-22-63-42(54)24-30(3)4)46(47,48)33-15-18-39-32(25-33)26-40(64-39)43(55)50-36-14-10-9-13-34-16-17-38(52(34)44(36)56)45(57)51-27-35(37(28-51)49-5)31-11-7-6-8-12-31/h6-8,11-12,15,18,25-26,29-30,34-38H,9-10,13-14,16-17,19-24,27-28H2,1-4H3,(H,50,55)/t34-,35-,36-,37+,38-/m0/s1. The zero-order chi connectivity index (χ0) is 46.2. The maximum atomic E-state index is 16.4. The van der Waals surface area contributed by atoms with E-state index >= 15 is 8.78 Å². The summed E-state index contributed by atoms with van der Waals surface area (Å²) in [5.41, 5.74) is -3.82. The lowest BCUT2D eigenvalue weighted by Crippen LogP contribution is -2.56. The molecule has 0 bridgehead atoms. The SMILES string of the molecule is [C-]#[N+][C@@H]1CN(C(=O)[C@@H]2CC[C@@H]3CCCC[C@H](NC(=O)c4cc5cc(C(F)(F)P(=O)(OCCSC(=O)CC(C)C)OCCSC(=O)CC(C)C)ccc5s4)C(=O)N32)C[C@H]1c1ccccc1. The monoisotopic (exact) mass is 958 g/mol. The number of rotatable bonds is 18. The van der Waals surface area contributed by atoms with Crippen LogP contribution >= 0.6 is 42.5 Å². The molecule has 2 aromatic carbocycles. The van der Waals surface area contributed by atoms with Crippen LogP contribution in [0.2, 0.25) is 0 Å². The molecule has 12 nitrogen and oxygen atoms in total. The van der Waals surface area contributed by atoms with Crippen molar-refractivity contribution in [2.75, 3.05) is 37.8 Å². The van der Waals surface area contributed by atoms with E-state index in [-0.39, 0.29) is 87.0 Å². The van der Waals surface area contributed by atoms with Gasteiger partial charge >= 0.3 is 13.3 Å². The second-order valence-corrected chi connectivity index (χ2v) is 22.9. The number of hydrogen-bond donors (Lipinski definition) is 1. The molecule has 3 saturated heterocycles. The van der Waals surface area contributed by atoms with E-state index in [0.29, 0.717) is 36.9 Å². The molecule has 0 saturated carbocycles. The zero-order valence-corrected chi connectivity index (χ0v) is 40.0. The molecule has 0 unspecified atom stereocenters. The van der Waals surface area contributed by atoms with Crippen LogP contribution in [-0.4, -0.2) is 99.7 Å². The lowest BCUT2D eigenvalue weighted by atomic mass is 9.95. The molecular weight excluding hydrogens is 902 g/mol. The van der Waals surface area contributed by atoms with Crippen molar-refractivity contribution in [3.8, 4) is 0 Å². The number of carbonyl (C=O) groups is 5. The number of thiophene rings is 1. The van der Waals surface area contributed by atoms with Crippen molar-refractivity contribution in [1.29, 1.82) is 0 Å². The fourth-order valence-electron chi connectivity index (χ4n) is 8.58. The Kier molecular flexibility index (Phi) is 17.3. The molecule has 64 heavy (non-hydrogen) atoms. The van der Waals surface area contributed by atoms with Gasteiger partial charge in [-0.15, -0.1) is 11.3 Å². The van der Waals surface area contributed by atoms with Crippen LogP contribution in [0.25, 0.3) is 14.9 Å². The van der Waals surface area contributed by atoms with Crippen molar-refractivity contribution in [3.05, 3.63) is 82.0 Å². The minimum Gasteiger partial charge on any atom is -0.340 e. The van der Waals surface area contributed by atoms with Gasteiger partial charge in [-0.05, 0) is 66.7 Å². The number of benzene rings is 2. The molecule has 3 aliphatic rings. The smallest absolute Gasteiger partial charge is 0.340 e. The molecule has 1 aromatic heterocycles.